The van der Waals surface area contributed by atoms with Gasteiger partial charge in [0.2, 0.25) is 0 Å². The van der Waals surface area contributed by atoms with E-state index in [0.29, 0.717) is 49.7 Å². The van der Waals surface area contributed by atoms with E-state index in [-0.39, 0.29) is 11.8 Å². The number of nitrogens with one attached hydrogen (secondary N) is 1. The minimum absolute atomic E-state index is 0.0519. The van der Waals surface area contributed by atoms with E-state index in [1.54, 1.807) is 0 Å². The van der Waals surface area contributed by atoms with Crippen LogP contribution in [0.15, 0.2) is 35.5 Å². The first-order valence-electron chi connectivity index (χ1n) is 8.55. The van der Waals surface area contributed by atoms with E-state index in [0.717, 1.165) is 12.8 Å². The number of oxime groups is 1. The smallest absolute Gasteiger partial charge is 0.269 e. The molecule has 2 amide bonds. The minimum atomic E-state index is -0.413. The van der Waals surface area contributed by atoms with Crippen LogP contribution < -0.4 is 5.32 Å². The van der Waals surface area contributed by atoms with Gasteiger partial charge in [0.25, 0.3) is 11.8 Å². The molecule has 1 saturated heterocycles. The minimum Gasteiger partial charge on any atom is -0.388 e. The summed E-state index contributed by atoms with van der Waals surface area (Å²) in [4.78, 5) is 32.1. The third kappa shape index (κ3) is 3.00. The second kappa shape index (κ2) is 5.92. The molecule has 1 aromatic carbocycles. The second-order valence-electron chi connectivity index (χ2n) is 6.90. The Labute approximate surface area is 140 Å². The molecule has 4 rings (SSSR count). The molecule has 0 aromatic heterocycles. The lowest BCUT2D eigenvalue weighted by Gasteiger charge is -2.37. The summed E-state index contributed by atoms with van der Waals surface area (Å²) in [6.45, 7) is 1.25. The van der Waals surface area contributed by atoms with Gasteiger partial charge in [0.05, 0.1) is 0 Å². The van der Waals surface area contributed by atoms with Crippen LogP contribution in [0, 0.1) is 0 Å². The summed E-state index contributed by atoms with van der Waals surface area (Å²) in [5.41, 5.74) is 0.787. The number of hydrogen-bond acceptors (Lipinski definition) is 4. The summed E-state index contributed by atoms with van der Waals surface area (Å²) in [7, 11) is 0. The molecule has 2 fully saturated rings. The molecule has 126 valence electrons. The van der Waals surface area contributed by atoms with Gasteiger partial charge in [-0.05, 0) is 25.0 Å². The molecule has 0 unspecified atom stereocenters. The van der Waals surface area contributed by atoms with Crippen molar-refractivity contribution in [2.24, 2.45) is 5.16 Å². The van der Waals surface area contributed by atoms with Crippen molar-refractivity contribution in [2.45, 2.75) is 43.7 Å². The van der Waals surface area contributed by atoms with Crippen molar-refractivity contribution < 1.29 is 14.4 Å². The maximum Gasteiger partial charge on any atom is 0.269 e. The molecule has 0 bridgehead atoms. The summed E-state index contributed by atoms with van der Waals surface area (Å²) in [6.07, 6.45) is 4.06. The fourth-order valence-electron chi connectivity index (χ4n) is 3.29. The number of amides is 2. The van der Waals surface area contributed by atoms with Crippen LogP contribution in [-0.2, 0) is 9.63 Å². The Balaban J connectivity index is 1.33. The van der Waals surface area contributed by atoms with Gasteiger partial charge in [0, 0.05) is 44.0 Å². The molecule has 6 heteroatoms. The molecular weight excluding hydrogens is 306 g/mol. The summed E-state index contributed by atoms with van der Waals surface area (Å²) < 4.78 is 0. The Kier molecular flexibility index (Phi) is 3.75. The van der Waals surface area contributed by atoms with Gasteiger partial charge < -0.3 is 15.1 Å². The van der Waals surface area contributed by atoms with Gasteiger partial charge in [-0.25, -0.2) is 0 Å². The Morgan fingerprint density at radius 2 is 1.88 bits per heavy atom. The van der Waals surface area contributed by atoms with Gasteiger partial charge >= 0.3 is 0 Å². The SMILES string of the molecule is O=C(NC1CC1)C1=NOC2(CCN(C(=O)c3ccccc3)CC2)C1. The lowest BCUT2D eigenvalue weighted by atomic mass is 9.86. The number of nitrogens with zero attached hydrogens (tertiary/aromatic N) is 2. The Bertz CT molecular complexity index is 674. The molecule has 2 aliphatic heterocycles. The maximum absolute atomic E-state index is 12.5. The van der Waals surface area contributed by atoms with Gasteiger partial charge in [-0.15, -0.1) is 0 Å². The molecule has 2 heterocycles. The van der Waals surface area contributed by atoms with E-state index in [1.807, 2.05) is 35.2 Å². The highest BCUT2D eigenvalue weighted by atomic mass is 16.7. The number of carbonyl (C=O) groups excluding carboxylic acids is 2. The van der Waals surface area contributed by atoms with E-state index in [2.05, 4.69) is 10.5 Å². The quantitative estimate of drug-likeness (QED) is 0.919. The second-order valence-corrected chi connectivity index (χ2v) is 6.90. The molecule has 24 heavy (non-hydrogen) atoms. The molecule has 1 N–H and O–H groups in total. The molecule has 0 radical (unpaired) electrons. The maximum atomic E-state index is 12.5. The fraction of sp³-hybridized carbons (Fsp3) is 0.500. The number of likely N-dealkylation sites (tertiary alicyclic amines) is 1. The zero-order chi connectivity index (χ0) is 16.6. The van der Waals surface area contributed by atoms with Crippen molar-refractivity contribution in [1.29, 1.82) is 0 Å². The molecule has 6 nitrogen and oxygen atoms in total. The van der Waals surface area contributed by atoms with Crippen molar-refractivity contribution in [3.63, 3.8) is 0 Å². The van der Waals surface area contributed by atoms with E-state index >= 15 is 0 Å². The van der Waals surface area contributed by atoms with Crippen molar-refractivity contribution >= 4 is 17.5 Å². The third-order valence-corrected chi connectivity index (χ3v) is 5.00. The lowest BCUT2D eigenvalue weighted by molar-refractivity contribution is -0.115. The van der Waals surface area contributed by atoms with Crippen LogP contribution in [0.5, 0.6) is 0 Å². The van der Waals surface area contributed by atoms with Gasteiger partial charge in [-0.2, -0.15) is 0 Å². The van der Waals surface area contributed by atoms with Crippen LogP contribution in [0.2, 0.25) is 0 Å². The number of rotatable bonds is 3. The van der Waals surface area contributed by atoms with E-state index < -0.39 is 5.60 Å². The fourth-order valence-corrected chi connectivity index (χ4v) is 3.29. The lowest BCUT2D eigenvalue weighted by Crippen LogP contribution is -2.47. The largest absolute Gasteiger partial charge is 0.388 e. The molecular formula is C18H21N3O3. The summed E-state index contributed by atoms with van der Waals surface area (Å²) in [5.74, 6) is -0.0479. The number of benzene rings is 1. The van der Waals surface area contributed by atoms with Gasteiger partial charge in [0.15, 0.2) is 0 Å². The zero-order valence-corrected chi connectivity index (χ0v) is 13.5. The van der Waals surface area contributed by atoms with Crippen molar-refractivity contribution in [3.05, 3.63) is 35.9 Å². The first-order chi connectivity index (χ1) is 11.7. The van der Waals surface area contributed by atoms with E-state index in [9.17, 15) is 9.59 Å². The predicted octanol–water partition coefficient (Wildman–Crippen LogP) is 1.72. The van der Waals surface area contributed by atoms with Gasteiger partial charge in [-0.1, -0.05) is 23.4 Å². The first-order valence-corrected chi connectivity index (χ1v) is 8.55. The highest BCUT2D eigenvalue weighted by Crippen LogP contribution is 2.35. The standard InChI is InChI=1S/C18H21N3O3/c22-16(19-14-6-7-14)15-12-18(24-20-15)8-10-21(11-9-18)17(23)13-4-2-1-3-5-13/h1-5,14H,6-12H2,(H,19,22). The average Bonchev–Trinajstić information content (AvgIpc) is 3.34. The summed E-state index contributed by atoms with van der Waals surface area (Å²) in [5, 5.41) is 6.97. The summed E-state index contributed by atoms with van der Waals surface area (Å²) in [6, 6.07) is 9.64. The molecule has 0 atom stereocenters. The molecule has 1 saturated carbocycles. The number of piperidine rings is 1. The molecule has 1 aromatic rings. The first kappa shape index (κ1) is 15.2. The van der Waals surface area contributed by atoms with Crippen LogP contribution in [0.1, 0.15) is 42.5 Å². The van der Waals surface area contributed by atoms with Crippen LogP contribution >= 0.6 is 0 Å². The highest BCUT2D eigenvalue weighted by Gasteiger charge is 2.45. The van der Waals surface area contributed by atoms with Crippen LogP contribution in [-0.4, -0.2) is 47.2 Å². The van der Waals surface area contributed by atoms with Crippen LogP contribution in [0.25, 0.3) is 0 Å². The van der Waals surface area contributed by atoms with E-state index in [4.69, 9.17) is 4.84 Å². The highest BCUT2D eigenvalue weighted by molar-refractivity contribution is 6.39. The Morgan fingerprint density at radius 3 is 2.54 bits per heavy atom. The zero-order valence-electron chi connectivity index (χ0n) is 13.5. The Morgan fingerprint density at radius 1 is 1.17 bits per heavy atom. The van der Waals surface area contributed by atoms with Crippen molar-refractivity contribution in [2.75, 3.05) is 13.1 Å². The molecule has 1 aliphatic carbocycles. The average molecular weight is 327 g/mol. The number of carbonyl (C=O) groups is 2. The van der Waals surface area contributed by atoms with Gasteiger partial charge in [-0.3, -0.25) is 9.59 Å². The van der Waals surface area contributed by atoms with Crippen molar-refractivity contribution in [3.8, 4) is 0 Å². The normalized spacial score (nSPS) is 22.0. The third-order valence-electron chi connectivity index (χ3n) is 5.00. The van der Waals surface area contributed by atoms with Gasteiger partial charge in [0.1, 0.15) is 11.3 Å². The van der Waals surface area contributed by atoms with Crippen molar-refractivity contribution in [1.82, 2.24) is 10.2 Å². The monoisotopic (exact) mass is 327 g/mol. The Hall–Kier alpha value is -2.37. The molecule has 3 aliphatic rings. The van der Waals surface area contributed by atoms with Crippen LogP contribution in [0.4, 0.5) is 0 Å². The van der Waals surface area contributed by atoms with E-state index in [1.165, 1.54) is 0 Å². The molecule has 1 spiro atoms. The topological polar surface area (TPSA) is 71.0 Å². The number of hydrogen-bond donors (Lipinski definition) is 1. The van der Waals surface area contributed by atoms with Crippen LogP contribution in [0.3, 0.4) is 0 Å². The predicted molar refractivity (Wildman–Crippen MR) is 88.6 cm³/mol. The summed E-state index contributed by atoms with van der Waals surface area (Å²) >= 11 is 0.